The lowest BCUT2D eigenvalue weighted by atomic mass is 9.96. The molecule has 0 bridgehead atoms. The molecule has 32 heavy (non-hydrogen) atoms. The van der Waals surface area contributed by atoms with Gasteiger partial charge in [-0.3, -0.25) is 4.98 Å². The lowest BCUT2D eigenvalue weighted by Gasteiger charge is -2.12. The van der Waals surface area contributed by atoms with E-state index in [1.54, 1.807) is 6.20 Å². The number of benzene rings is 1. The number of aromatic nitrogens is 8. The lowest BCUT2D eigenvalue weighted by Crippen LogP contribution is -2.14. The van der Waals surface area contributed by atoms with Crippen LogP contribution in [0.15, 0.2) is 42.7 Å². The first kappa shape index (κ1) is 21.8. The molecule has 0 radical (unpaired) electrons. The van der Waals surface area contributed by atoms with Gasteiger partial charge in [-0.15, -0.1) is 5.10 Å². The minimum atomic E-state index is -0.0686. The van der Waals surface area contributed by atoms with Crippen molar-refractivity contribution in [1.82, 2.24) is 40.4 Å². The third-order valence-electron chi connectivity index (χ3n) is 5.44. The summed E-state index contributed by atoms with van der Waals surface area (Å²) in [7, 11) is 0. The Labute approximate surface area is 188 Å². The number of rotatable bonds is 8. The first-order chi connectivity index (χ1) is 15.5. The first-order valence-electron chi connectivity index (χ1n) is 11.2. The van der Waals surface area contributed by atoms with Gasteiger partial charge in [0, 0.05) is 41.9 Å². The summed E-state index contributed by atoms with van der Waals surface area (Å²) < 4.78 is 2.10. The van der Waals surface area contributed by atoms with Gasteiger partial charge in [0.25, 0.3) is 0 Å². The summed E-state index contributed by atoms with van der Waals surface area (Å²) in [6.07, 6.45) is 7.85. The summed E-state index contributed by atoms with van der Waals surface area (Å²) in [5.41, 5.74) is 4.10. The predicted molar refractivity (Wildman–Crippen MR) is 124 cm³/mol. The monoisotopic (exact) mass is 430 g/mol. The van der Waals surface area contributed by atoms with Crippen LogP contribution in [0.5, 0.6) is 0 Å². The summed E-state index contributed by atoms with van der Waals surface area (Å²) >= 11 is 0. The number of aromatic amines is 1. The zero-order valence-corrected chi connectivity index (χ0v) is 19.2. The second-order valence-electron chi connectivity index (χ2n) is 9.08. The fraction of sp³-hybridized carbons (Fsp3) is 0.417. The van der Waals surface area contributed by atoms with Crippen LogP contribution in [0.25, 0.3) is 22.5 Å². The average Bonchev–Trinajstić information content (AvgIpc) is 3.45. The number of unbranched alkanes of at least 4 members (excludes halogenated alkanes) is 2. The molecule has 8 nitrogen and oxygen atoms in total. The molecule has 0 fully saturated rings. The molecular weight excluding hydrogens is 400 g/mol. The highest BCUT2D eigenvalue weighted by atomic mass is 15.5. The smallest absolute Gasteiger partial charge is 0.180 e. The molecule has 8 heteroatoms. The minimum absolute atomic E-state index is 0.0686. The molecule has 0 spiro atoms. The standard InChI is InChI=1S/C24H30N8/c1-5-6-7-14-32-21(26-23(29-32)24(2,3)4)15-17-8-10-18(11-9-17)20-16-25-13-12-19(20)22-27-30-31-28-22/h8-13,16H,5-7,14-15H2,1-4H3,(H,27,28,30,31). The molecule has 0 aliphatic rings. The Morgan fingerprint density at radius 3 is 2.50 bits per heavy atom. The van der Waals surface area contributed by atoms with Crippen molar-refractivity contribution in [1.29, 1.82) is 0 Å². The molecule has 3 aromatic heterocycles. The number of H-pyrrole nitrogens is 1. The van der Waals surface area contributed by atoms with Gasteiger partial charge in [-0.05, 0) is 34.0 Å². The third kappa shape index (κ3) is 4.90. The minimum Gasteiger partial charge on any atom is -0.264 e. The van der Waals surface area contributed by atoms with E-state index in [9.17, 15) is 0 Å². The summed E-state index contributed by atoms with van der Waals surface area (Å²) in [5.74, 6) is 2.55. The van der Waals surface area contributed by atoms with E-state index in [1.807, 2.05) is 12.3 Å². The number of aryl methyl sites for hydroxylation is 1. The highest BCUT2D eigenvalue weighted by molar-refractivity contribution is 5.79. The van der Waals surface area contributed by atoms with E-state index in [0.29, 0.717) is 5.82 Å². The molecule has 0 atom stereocenters. The fourth-order valence-electron chi connectivity index (χ4n) is 3.60. The normalized spacial score (nSPS) is 11.8. The molecule has 0 amide bonds. The van der Waals surface area contributed by atoms with E-state index < -0.39 is 0 Å². The maximum Gasteiger partial charge on any atom is 0.180 e. The quantitative estimate of drug-likeness (QED) is 0.410. The van der Waals surface area contributed by atoms with Gasteiger partial charge in [0.1, 0.15) is 5.82 Å². The molecule has 4 rings (SSSR count). The van der Waals surface area contributed by atoms with Gasteiger partial charge >= 0.3 is 0 Å². The maximum absolute atomic E-state index is 4.90. The zero-order valence-electron chi connectivity index (χ0n) is 19.2. The van der Waals surface area contributed by atoms with Crippen molar-refractivity contribution in [2.45, 2.75) is 65.3 Å². The number of nitrogens with zero attached hydrogens (tertiary/aromatic N) is 7. The van der Waals surface area contributed by atoms with Crippen LogP contribution in [0.3, 0.4) is 0 Å². The van der Waals surface area contributed by atoms with Gasteiger partial charge < -0.3 is 0 Å². The second kappa shape index (κ2) is 9.38. The van der Waals surface area contributed by atoms with Crippen LogP contribution in [0.1, 0.15) is 64.2 Å². The van der Waals surface area contributed by atoms with E-state index >= 15 is 0 Å². The van der Waals surface area contributed by atoms with Crippen LogP contribution >= 0.6 is 0 Å². The van der Waals surface area contributed by atoms with Gasteiger partial charge in [0.15, 0.2) is 11.6 Å². The van der Waals surface area contributed by atoms with Gasteiger partial charge in [0.05, 0.1) is 0 Å². The van der Waals surface area contributed by atoms with Crippen molar-refractivity contribution in [2.24, 2.45) is 0 Å². The molecule has 0 unspecified atom stereocenters. The molecule has 1 aromatic carbocycles. The molecule has 1 N–H and O–H groups in total. The number of hydrogen-bond acceptors (Lipinski definition) is 6. The predicted octanol–water partition coefficient (Wildman–Crippen LogP) is 4.60. The van der Waals surface area contributed by atoms with Crippen molar-refractivity contribution in [3.8, 4) is 22.5 Å². The Hall–Kier alpha value is -3.42. The maximum atomic E-state index is 4.90. The van der Waals surface area contributed by atoms with Gasteiger partial charge in [-0.1, -0.05) is 64.8 Å². The summed E-state index contributed by atoms with van der Waals surface area (Å²) in [6.45, 7) is 9.61. The van der Waals surface area contributed by atoms with E-state index in [4.69, 9.17) is 10.1 Å². The van der Waals surface area contributed by atoms with Crippen molar-refractivity contribution in [2.75, 3.05) is 0 Å². The van der Waals surface area contributed by atoms with Gasteiger partial charge in [0.2, 0.25) is 0 Å². The zero-order chi connectivity index (χ0) is 22.6. The molecule has 3 heterocycles. The summed E-state index contributed by atoms with van der Waals surface area (Å²) in [5, 5.41) is 19.1. The van der Waals surface area contributed by atoms with E-state index in [0.717, 1.165) is 47.7 Å². The fourth-order valence-corrected chi connectivity index (χ4v) is 3.60. The second-order valence-corrected chi connectivity index (χ2v) is 9.08. The van der Waals surface area contributed by atoms with Crippen LogP contribution in [0.2, 0.25) is 0 Å². The molecule has 0 aliphatic heterocycles. The van der Waals surface area contributed by atoms with E-state index in [2.05, 4.69) is 82.3 Å². The largest absolute Gasteiger partial charge is 0.264 e. The average molecular weight is 431 g/mol. The Balaban J connectivity index is 1.58. The van der Waals surface area contributed by atoms with Gasteiger partial charge in [-0.25, -0.2) is 14.8 Å². The van der Waals surface area contributed by atoms with Crippen LogP contribution in [0.4, 0.5) is 0 Å². The van der Waals surface area contributed by atoms with Crippen LogP contribution in [0, 0.1) is 0 Å². The molecule has 0 aliphatic carbocycles. The van der Waals surface area contributed by atoms with Gasteiger partial charge in [-0.2, -0.15) is 5.10 Å². The number of pyridine rings is 1. The SMILES string of the molecule is CCCCCn1nc(C(C)(C)C)nc1Cc1ccc(-c2cnccc2-c2nnn[nH]2)cc1. The topological polar surface area (TPSA) is 98.1 Å². The number of tetrazole rings is 1. The summed E-state index contributed by atoms with van der Waals surface area (Å²) in [4.78, 5) is 9.19. The van der Waals surface area contributed by atoms with E-state index in [1.165, 1.54) is 18.4 Å². The van der Waals surface area contributed by atoms with E-state index in [-0.39, 0.29) is 5.41 Å². The van der Waals surface area contributed by atoms with Crippen LogP contribution < -0.4 is 0 Å². The van der Waals surface area contributed by atoms with Crippen LogP contribution in [-0.4, -0.2) is 40.4 Å². The van der Waals surface area contributed by atoms with Crippen LogP contribution in [-0.2, 0) is 18.4 Å². The highest BCUT2D eigenvalue weighted by Gasteiger charge is 2.22. The Kier molecular flexibility index (Phi) is 6.39. The first-order valence-corrected chi connectivity index (χ1v) is 11.2. The Morgan fingerprint density at radius 1 is 1.00 bits per heavy atom. The number of nitrogens with one attached hydrogen (secondary N) is 1. The molecule has 0 saturated carbocycles. The van der Waals surface area contributed by atoms with Crippen molar-refractivity contribution in [3.05, 3.63) is 59.9 Å². The molecular formula is C24H30N8. The third-order valence-corrected chi connectivity index (χ3v) is 5.44. The Bertz CT molecular complexity index is 1140. The molecule has 0 saturated heterocycles. The Morgan fingerprint density at radius 2 is 1.81 bits per heavy atom. The van der Waals surface area contributed by atoms with Crippen molar-refractivity contribution < 1.29 is 0 Å². The van der Waals surface area contributed by atoms with Crippen molar-refractivity contribution in [3.63, 3.8) is 0 Å². The lowest BCUT2D eigenvalue weighted by molar-refractivity contribution is 0.503. The van der Waals surface area contributed by atoms with Crippen molar-refractivity contribution >= 4 is 0 Å². The highest BCUT2D eigenvalue weighted by Crippen LogP contribution is 2.29. The number of hydrogen-bond donors (Lipinski definition) is 1. The molecule has 166 valence electrons. The summed E-state index contributed by atoms with van der Waals surface area (Å²) in [6, 6.07) is 10.4. The molecule has 4 aromatic rings.